The van der Waals surface area contributed by atoms with E-state index in [4.69, 9.17) is 11.6 Å². The number of fused-ring (bicyclic) bond motifs is 1. The topological polar surface area (TPSA) is 76.0 Å². The van der Waals surface area contributed by atoms with Gasteiger partial charge in [0.1, 0.15) is 0 Å². The second-order valence-corrected chi connectivity index (χ2v) is 8.21. The number of hydrogen-bond donors (Lipinski definition) is 2. The molecule has 0 aliphatic carbocycles. The Morgan fingerprint density at radius 1 is 0.969 bits per heavy atom. The molecule has 0 spiro atoms. The molecule has 1 heterocycles. The Morgan fingerprint density at radius 3 is 2.41 bits per heavy atom. The molecule has 4 rings (SSSR count). The summed E-state index contributed by atoms with van der Waals surface area (Å²) >= 11 is 7.17. The van der Waals surface area contributed by atoms with Crippen LogP contribution in [0.25, 0.3) is 22.3 Å². The molecule has 2 N–H and O–H groups in total. The van der Waals surface area contributed by atoms with Crippen molar-refractivity contribution in [2.45, 2.75) is 5.16 Å². The maximum Gasteiger partial charge on any atom is 0.266 e. The van der Waals surface area contributed by atoms with Crippen molar-refractivity contribution in [1.82, 2.24) is 20.4 Å². The molecule has 0 fully saturated rings. The SMILES string of the molecule is C=C(NNC(=O)CSc1nc2ccccc2c(=O)n1-c1ccc(Cl)cc1)c1ccccc1. The maximum atomic E-state index is 13.2. The largest absolute Gasteiger partial charge is 0.299 e. The van der Waals surface area contributed by atoms with Crippen molar-refractivity contribution in [2.24, 2.45) is 0 Å². The number of hydrazine groups is 1. The molecule has 3 aromatic carbocycles. The Bertz CT molecular complexity index is 1340. The molecule has 0 bridgehead atoms. The normalized spacial score (nSPS) is 10.7. The first-order chi connectivity index (χ1) is 15.5. The maximum absolute atomic E-state index is 13.2. The van der Waals surface area contributed by atoms with E-state index in [1.54, 1.807) is 42.5 Å². The summed E-state index contributed by atoms with van der Waals surface area (Å²) in [4.78, 5) is 30.3. The zero-order valence-electron chi connectivity index (χ0n) is 16.9. The van der Waals surface area contributed by atoms with Gasteiger partial charge < -0.3 is 0 Å². The summed E-state index contributed by atoms with van der Waals surface area (Å²) in [6.07, 6.45) is 0. The lowest BCUT2D eigenvalue weighted by molar-refractivity contribution is -0.119. The van der Waals surface area contributed by atoms with E-state index in [0.717, 1.165) is 5.56 Å². The fraction of sp³-hybridized carbons (Fsp3) is 0.0417. The summed E-state index contributed by atoms with van der Waals surface area (Å²) in [5.74, 6) is -0.231. The zero-order valence-corrected chi connectivity index (χ0v) is 18.5. The molecule has 6 nitrogen and oxygen atoms in total. The highest BCUT2D eigenvalue weighted by atomic mass is 35.5. The molecule has 1 aromatic heterocycles. The predicted octanol–water partition coefficient (Wildman–Crippen LogP) is 4.42. The molecule has 0 radical (unpaired) electrons. The third kappa shape index (κ3) is 4.85. The van der Waals surface area contributed by atoms with Crippen LogP contribution in [-0.2, 0) is 4.79 Å². The molecule has 0 saturated heterocycles. The van der Waals surface area contributed by atoms with Crippen molar-refractivity contribution >= 4 is 45.9 Å². The molecule has 0 aliphatic rings. The number of aromatic nitrogens is 2. The van der Waals surface area contributed by atoms with Gasteiger partial charge in [0.05, 0.1) is 28.0 Å². The zero-order chi connectivity index (χ0) is 22.5. The number of para-hydroxylation sites is 1. The standard InChI is InChI=1S/C24H19ClN4O2S/c1-16(17-7-3-2-4-8-17)27-28-22(30)15-32-24-26-21-10-6-5-9-20(21)23(31)29(24)19-13-11-18(25)12-14-19/h2-14,27H,1,15H2,(H,28,30). The van der Waals surface area contributed by atoms with Crippen LogP contribution in [0.3, 0.4) is 0 Å². The third-order valence-corrected chi connectivity index (χ3v) is 5.83. The van der Waals surface area contributed by atoms with Crippen molar-refractivity contribution in [3.05, 3.63) is 106 Å². The second-order valence-electron chi connectivity index (χ2n) is 6.83. The van der Waals surface area contributed by atoms with E-state index in [-0.39, 0.29) is 17.2 Å². The highest BCUT2D eigenvalue weighted by molar-refractivity contribution is 7.99. The second kappa shape index (κ2) is 9.72. The van der Waals surface area contributed by atoms with E-state index in [1.165, 1.54) is 16.3 Å². The minimum Gasteiger partial charge on any atom is -0.299 e. The summed E-state index contributed by atoms with van der Waals surface area (Å²) in [7, 11) is 0. The number of hydrogen-bond acceptors (Lipinski definition) is 5. The lowest BCUT2D eigenvalue weighted by atomic mass is 10.2. The van der Waals surface area contributed by atoms with E-state index in [2.05, 4.69) is 22.4 Å². The molecular formula is C24H19ClN4O2S. The molecule has 32 heavy (non-hydrogen) atoms. The molecule has 0 atom stereocenters. The monoisotopic (exact) mass is 462 g/mol. The van der Waals surface area contributed by atoms with Crippen LogP contribution in [0.1, 0.15) is 5.56 Å². The van der Waals surface area contributed by atoms with Gasteiger partial charge in [0.2, 0.25) is 5.91 Å². The Labute approximate surface area is 193 Å². The van der Waals surface area contributed by atoms with Crippen LogP contribution in [0.4, 0.5) is 0 Å². The van der Waals surface area contributed by atoms with Gasteiger partial charge in [0, 0.05) is 5.02 Å². The van der Waals surface area contributed by atoms with Gasteiger partial charge in [-0.05, 0) is 42.0 Å². The minimum absolute atomic E-state index is 0.0490. The van der Waals surface area contributed by atoms with Crippen LogP contribution in [-0.4, -0.2) is 21.2 Å². The fourth-order valence-electron chi connectivity index (χ4n) is 3.05. The number of benzene rings is 3. The van der Waals surface area contributed by atoms with Gasteiger partial charge in [-0.2, -0.15) is 0 Å². The van der Waals surface area contributed by atoms with Crippen LogP contribution >= 0.6 is 23.4 Å². The third-order valence-electron chi connectivity index (χ3n) is 4.64. The summed E-state index contributed by atoms with van der Waals surface area (Å²) in [6, 6.07) is 23.5. The highest BCUT2D eigenvalue weighted by Crippen LogP contribution is 2.22. The lowest BCUT2D eigenvalue weighted by Gasteiger charge is -2.14. The van der Waals surface area contributed by atoms with E-state index in [9.17, 15) is 9.59 Å². The van der Waals surface area contributed by atoms with E-state index < -0.39 is 0 Å². The Kier molecular flexibility index (Phi) is 6.58. The average molecular weight is 463 g/mol. The number of rotatable bonds is 7. The summed E-state index contributed by atoms with van der Waals surface area (Å²) in [5, 5.41) is 1.47. The van der Waals surface area contributed by atoms with Gasteiger partial charge in [-0.1, -0.05) is 72.4 Å². The average Bonchev–Trinajstić information content (AvgIpc) is 2.82. The molecule has 0 aliphatic heterocycles. The van der Waals surface area contributed by atoms with Gasteiger partial charge in [0.15, 0.2) is 5.16 Å². The van der Waals surface area contributed by atoms with Crippen LogP contribution in [0.2, 0.25) is 5.02 Å². The Balaban J connectivity index is 1.55. The van der Waals surface area contributed by atoms with Crippen molar-refractivity contribution in [2.75, 3.05) is 5.75 Å². The first kappa shape index (κ1) is 21.7. The Morgan fingerprint density at radius 2 is 1.66 bits per heavy atom. The quantitative estimate of drug-likeness (QED) is 0.241. The van der Waals surface area contributed by atoms with Crippen molar-refractivity contribution in [1.29, 1.82) is 0 Å². The summed E-state index contributed by atoms with van der Waals surface area (Å²) in [5.41, 5.74) is 7.87. The lowest BCUT2D eigenvalue weighted by Crippen LogP contribution is -2.37. The molecule has 160 valence electrons. The van der Waals surface area contributed by atoms with E-state index in [0.29, 0.717) is 32.5 Å². The van der Waals surface area contributed by atoms with Gasteiger partial charge in [-0.15, -0.1) is 0 Å². The van der Waals surface area contributed by atoms with Crippen molar-refractivity contribution in [3.63, 3.8) is 0 Å². The van der Waals surface area contributed by atoms with Crippen molar-refractivity contribution < 1.29 is 4.79 Å². The molecule has 0 saturated carbocycles. The molecule has 8 heteroatoms. The fourth-order valence-corrected chi connectivity index (χ4v) is 3.99. The minimum atomic E-state index is -0.280. The van der Waals surface area contributed by atoms with Crippen molar-refractivity contribution in [3.8, 4) is 5.69 Å². The number of nitrogens with one attached hydrogen (secondary N) is 2. The number of thioether (sulfide) groups is 1. The smallest absolute Gasteiger partial charge is 0.266 e. The van der Waals surface area contributed by atoms with Crippen LogP contribution in [0, 0.1) is 0 Å². The number of carbonyl (C=O) groups excluding carboxylic acids is 1. The first-order valence-corrected chi connectivity index (χ1v) is 11.1. The van der Waals surface area contributed by atoms with Gasteiger partial charge in [-0.25, -0.2) is 4.98 Å². The molecule has 1 amide bonds. The summed E-state index contributed by atoms with van der Waals surface area (Å²) < 4.78 is 1.49. The molecular weight excluding hydrogens is 444 g/mol. The Hall–Kier alpha value is -3.55. The van der Waals surface area contributed by atoms with Crippen LogP contribution in [0.5, 0.6) is 0 Å². The van der Waals surface area contributed by atoms with Crippen LogP contribution in [0.15, 0.2) is 95.4 Å². The van der Waals surface area contributed by atoms with Gasteiger partial charge in [0.25, 0.3) is 5.56 Å². The van der Waals surface area contributed by atoms with E-state index in [1.807, 2.05) is 36.4 Å². The first-order valence-electron chi connectivity index (χ1n) is 9.72. The highest BCUT2D eigenvalue weighted by Gasteiger charge is 2.15. The number of halogens is 1. The number of nitrogens with zero attached hydrogens (tertiary/aromatic N) is 2. The molecule has 0 unspecified atom stereocenters. The van der Waals surface area contributed by atoms with Gasteiger partial charge >= 0.3 is 0 Å². The predicted molar refractivity (Wildman–Crippen MR) is 130 cm³/mol. The summed E-state index contributed by atoms with van der Waals surface area (Å²) in [6.45, 7) is 3.92. The molecule has 4 aromatic rings. The van der Waals surface area contributed by atoms with Gasteiger partial charge in [-0.3, -0.25) is 25.0 Å². The van der Waals surface area contributed by atoms with Crippen LogP contribution < -0.4 is 16.4 Å². The van der Waals surface area contributed by atoms with E-state index >= 15 is 0 Å². The number of amides is 1. The number of carbonyl (C=O) groups is 1.